The van der Waals surface area contributed by atoms with Crippen molar-refractivity contribution in [1.82, 2.24) is 14.9 Å². The maximum absolute atomic E-state index is 13.0. The largest absolute Gasteiger partial charge is 0.378 e. The average Bonchev–Trinajstić information content (AvgIpc) is 3.76. The number of amides is 1. The zero-order valence-corrected chi connectivity index (χ0v) is 28.1. The summed E-state index contributed by atoms with van der Waals surface area (Å²) >= 11 is 1.74. The first-order chi connectivity index (χ1) is 24.1. The summed E-state index contributed by atoms with van der Waals surface area (Å²) in [6, 6.07) is 20.3. The van der Waals surface area contributed by atoms with Gasteiger partial charge in [-0.15, -0.1) is 11.3 Å². The number of ketones is 1. The Labute approximate surface area is 289 Å². The molecular formula is C40H37N5O3S. The molecule has 8 rings (SSSR count). The summed E-state index contributed by atoms with van der Waals surface area (Å²) in [6.45, 7) is 4.14. The first-order valence-corrected chi connectivity index (χ1v) is 17.9. The molecule has 1 saturated heterocycles. The molecule has 2 aromatic heterocycles. The summed E-state index contributed by atoms with van der Waals surface area (Å²) < 4.78 is 6.77. The van der Waals surface area contributed by atoms with Crippen LogP contribution in [0.4, 0.5) is 11.5 Å². The van der Waals surface area contributed by atoms with E-state index in [0.29, 0.717) is 45.6 Å². The molecule has 49 heavy (non-hydrogen) atoms. The standard InChI is InChI=1S/C40H37N5O3S/c46-29(17-16-27-8-2-1-3-9-27)10-6-15-36(47)44-20-18-28(19-21-44)35-26-34-38(49-35)40(45-22-24-48-25-23-45)43-39(42-34)31-12-7-14-33-37(31)30-11-4-5-13-32(30)41-33/h1-5,7-9,11-13,16-18,26H,6,10,14-15,19-25H2/b17-16+. The van der Waals surface area contributed by atoms with Crippen molar-refractivity contribution in [3.8, 4) is 0 Å². The monoisotopic (exact) mass is 667 g/mol. The molecule has 0 spiro atoms. The first kappa shape index (κ1) is 31.3. The van der Waals surface area contributed by atoms with E-state index in [1.807, 2.05) is 47.4 Å². The lowest BCUT2D eigenvalue weighted by Gasteiger charge is -2.28. The number of aliphatic imine (C=N–C) groups is 1. The van der Waals surface area contributed by atoms with E-state index >= 15 is 0 Å². The number of carbonyl (C=O) groups is 2. The fourth-order valence-electron chi connectivity index (χ4n) is 6.86. The molecule has 0 radical (unpaired) electrons. The number of carbonyl (C=O) groups excluding carboxylic acids is 2. The van der Waals surface area contributed by atoms with Crippen LogP contribution < -0.4 is 4.90 Å². The minimum Gasteiger partial charge on any atom is -0.378 e. The van der Waals surface area contributed by atoms with Gasteiger partial charge in [0.25, 0.3) is 0 Å². The number of nitrogens with zero attached hydrogens (tertiary/aromatic N) is 5. The van der Waals surface area contributed by atoms with Crippen molar-refractivity contribution in [1.29, 1.82) is 0 Å². The average molecular weight is 668 g/mol. The number of hydrogen-bond acceptors (Lipinski definition) is 8. The van der Waals surface area contributed by atoms with Crippen molar-refractivity contribution >= 4 is 73.3 Å². The second-order valence-corrected chi connectivity index (χ2v) is 13.7. The van der Waals surface area contributed by atoms with Crippen molar-refractivity contribution in [3.05, 3.63) is 107 Å². The molecule has 1 fully saturated rings. The van der Waals surface area contributed by atoms with Crippen LogP contribution in [0.15, 0.2) is 90.0 Å². The van der Waals surface area contributed by atoms with Gasteiger partial charge in [0.1, 0.15) is 0 Å². The Balaban J connectivity index is 1.01. The van der Waals surface area contributed by atoms with Crippen LogP contribution in [0.1, 0.15) is 53.9 Å². The van der Waals surface area contributed by atoms with Crippen molar-refractivity contribution in [2.75, 3.05) is 44.3 Å². The fraction of sp³-hybridized carbons (Fsp3) is 0.275. The molecule has 0 bridgehead atoms. The van der Waals surface area contributed by atoms with Crippen LogP contribution in [0.2, 0.25) is 0 Å². The van der Waals surface area contributed by atoms with Gasteiger partial charge in [0, 0.05) is 67.0 Å². The molecular weight excluding hydrogens is 631 g/mol. The van der Waals surface area contributed by atoms with E-state index in [0.717, 1.165) is 81.5 Å². The Morgan fingerprint density at radius 2 is 1.80 bits per heavy atom. The van der Waals surface area contributed by atoms with Gasteiger partial charge in [-0.1, -0.05) is 72.8 Å². The number of morpholine rings is 1. The Bertz CT molecular complexity index is 2080. The SMILES string of the molecule is O=C(/C=C/c1ccccc1)CCCC(=O)N1CC=C(c2cc3nc(C4=C5C(=Nc6ccccc65)CC=C4)nc(N4CCOCC4)c3s2)CC1. The van der Waals surface area contributed by atoms with Crippen molar-refractivity contribution in [3.63, 3.8) is 0 Å². The molecule has 1 aliphatic carbocycles. The van der Waals surface area contributed by atoms with E-state index in [1.165, 1.54) is 10.5 Å². The molecule has 5 heterocycles. The Morgan fingerprint density at radius 3 is 2.63 bits per heavy atom. The van der Waals surface area contributed by atoms with Crippen LogP contribution in [-0.2, 0) is 14.3 Å². The van der Waals surface area contributed by atoms with Crippen molar-refractivity contribution in [2.24, 2.45) is 4.99 Å². The molecule has 9 heteroatoms. The summed E-state index contributed by atoms with van der Waals surface area (Å²) in [6.07, 6.45) is 12.8. The molecule has 2 aromatic carbocycles. The highest BCUT2D eigenvalue weighted by molar-refractivity contribution is 7.20. The number of anilines is 1. The molecule has 1 amide bonds. The Morgan fingerprint density at radius 1 is 0.959 bits per heavy atom. The molecule has 0 saturated carbocycles. The minimum absolute atomic E-state index is 0.0445. The highest BCUT2D eigenvalue weighted by Crippen LogP contribution is 2.44. The number of thiophene rings is 1. The molecule has 0 atom stereocenters. The van der Waals surface area contributed by atoms with E-state index in [4.69, 9.17) is 19.7 Å². The molecule has 246 valence electrons. The molecule has 4 aliphatic rings. The summed E-state index contributed by atoms with van der Waals surface area (Å²) in [4.78, 5) is 46.1. The number of aromatic nitrogens is 2. The van der Waals surface area contributed by atoms with Crippen molar-refractivity contribution in [2.45, 2.75) is 32.1 Å². The van der Waals surface area contributed by atoms with Gasteiger partial charge >= 0.3 is 0 Å². The topological polar surface area (TPSA) is 88.0 Å². The summed E-state index contributed by atoms with van der Waals surface area (Å²) in [5.41, 5.74) is 8.52. The second-order valence-electron chi connectivity index (χ2n) is 12.6. The molecule has 0 N–H and O–H groups in total. The number of benzene rings is 2. The van der Waals surface area contributed by atoms with Gasteiger partial charge in [-0.3, -0.25) is 14.6 Å². The molecule has 0 unspecified atom stereocenters. The van der Waals surface area contributed by atoms with Crippen LogP contribution in [0.5, 0.6) is 0 Å². The van der Waals surface area contributed by atoms with E-state index in [2.05, 4.69) is 47.4 Å². The van der Waals surface area contributed by atoms with Gasteiger partial charge in [0.05, 0.1) is 34.8 Å². The summed E-state index contributed by atoms with van der Waals surface area (Å²) in [5, 5.41) is 0. The summed E-state index contributed by atoms with van der Waals surface area (Å²) in [7, 11) is 0. The van der Waals surface area contributed by atoms with Crippen LogP contribution in [0.25, 0.3) is 33.0 Å². The van der Waals surface area contributed by atoms with E-state index in [-0.39, 0.29) is 11.7 Å². The first-order valence-electron chi connectivity index (χ1n) is 17.1. The molecule has 4 aromatic rings. The third kappa shape index (κ3) is 6.56. The predicted molar refractivity (Wildman–Crippen MR) is 198 cm³/mol. The van der Waals surface area contributed by atoms with Crippen LogP contribution in [0.3, 0.4) is 0 Å². The zero-order valence-electron chi connectivity index (χ0n) is 27.3. The third-order valence-corrected chi connectivity index (χ3v) is 10.6. The number of allylic oxidation sites excluding steroid dienone is 5. The quantitative estimate of drug-likeness (QED) is 0.171. The van der Waals surface area contributed by atoms with Gasteiger partial charge in [0.2, 0.25) is 5.91 Å². The summed E-state index contributed by atoms with van der Waals surface area (Å²) in [5.74, 6) is 1.82. The van der Waals surface area contributed by atoms with Crippen LogP contribution in [-0.4, -0.2) is 71.7 Å². The lowest BCUT2D eigenvalue weighted by atomic mass is 9.91. The van der Waals surface area contributed by atoms with Gasteiger partial charge in [-0.2, -0.15) is 0 Å². The Hall–Kier alpha value is -4.99. The third-order valence-electron chi connectivity index (χ3n) is 9.44. The number of rotatable bonds is 9. The predicted octanol–water partition coefficient (Wildman–Crippen LogP) is 7.55. The number of ether oxygens (including phenoxy) is 1. The van der Waals surface area contributed by atoms with Crippen LogP contribution >= 0.6 is 11.3 Å². The smallest absolute Gasteiger partial charge is 0.222 e. The van der Waals surface area contributed by atoms with Crippen molar-refractivity contribution < 1.29 is 14.3 Å². The fourth-order valence-corrected chi connectivity index (χ4v) is 8.04. The number of hydrogen-bond donors (Lipinski definition) is 0. The lowest BCUT2D eigenvalue weighted by Crippen LogP contribution is -2.37. The molecule has 3 aliphatic heterocycles. The van der Waals surface area contributed by atoms with Gasteiger partial charge in [-0.05, 0) is 42.2 Å². The van der Waals surface area contributed by atoms with Gasteiger partial charge in [-0.25, -0.2) is 9.97 Å². The highest BCUT2D eigenvalue weighted by atomic mass is 32.1. The second kappa shape index (κ2) is 13.9. The minimum atomic E-state index is 0.0445. The number of fused-ring (bicyclic) bond motifs is 4. The van der Waals surface area contributed by atoms with Crippen LogP contribution in [0, 0.1) is 0 Å². The normalized spacial score (nSPS) is 17.4. The highest BCUT2D eigenvalue weighted by Gasteiger charge is 2.29. The zero-order chi connectivity index (χ0) is 33.2. The van der Waals surface area contributed by atoms with Gasteiger partial charge < -0.3 is 14.5 Å². The van der Waals surface area contributed by atoms with E-state index in [1.54, 1.807) is 17.4 Å². The van der Waals surface area contributed by atoms with Gasteiger partial charge in [0.15, 0.2) is 17.4 Å². The maximum Gasteiger partial charge on any atom is 0.222 e. The van der Waals surface area contributed by atoms with E-state index < -0.39 is 0 Å². The van der Waals surface area contributed by atoms with E-state index in [9.17, 15) is 9.59 Å². The lowest BCUT2D eigenvalue weighted by molar-refractivity contribution is -0.130. The maximum atomic E-state index is 13.0. The number of para-hydroxylation sites is 1. The Kier molecular flexibility index (Phi) is 8.85. The molecule has 8 nitrogen and oxygen atoms in total.